The Balaban J connectivity index is 1.86. The Morgan fingerprint density at radius 1 is 0.767 bits per heavy atom. The van der Waals surface area contributed by atoms with Gasteiger partial charge in [-0.1, -0.05) is 77.5 Å². The molecule has 4 aromatic rings. The van der Waals surface area contributed by atoms with Crippen molar-refractivity contribution in [1.29, 1.82) is 0 Å². The van der Waals surface area contributed by atoms with E-state index >= 15 is 0 Å². The number of para-hydroxylation sites is 1. The van der Waals surface area contributed by atoms with Crippen LogP contribution in [0, 0.1) is 20.8 Å². The summed E-state index contributed by atoms with van der Waals surface area (Å²) >= 11 is 1.91. The van der Waals surface area contributed by atoms with Crippen LogP contribution in [0.25, 0.3) is 16.5 Å². The molecule has 1 aliphatic heterocycles. The number of hydrogen-bond donors (Lipinski definition) is 0. The lowest BCUT2D eigenvalue weighted by Crippen LogP contribution is -2.24. The molecule has 0 unspecified atom stereocenters. The second kappa shape index (κ2) is 6.92. The Morgan fingerprint density at radius 2 is 1.40 bits per heavy atom. The summed E-state index contributed by atoms with van der Waals surface area (Å²) in [7, 11) is 0. The number of aromatic nitrogens is 1. The Bertz CT molecular complexity index is 1290. The summed E-state index contributed by atoms with van der Waals surface area (Å²) in [4.78, 5) is 2.71. The lowest BCUT2D eigenvalue weighted by Gasteiger charge is -2.27. The fourth-order valence-corrected chi connectivity index (χ4v) is 6.15. The maximum atomic E-state index is 2.57. The minimum Gasteiger partial charge on any atom is -0.330 e. The molecular formula is C28H27NS. The van der Waals surface area contributed by atoms with Crippen LogP contribution >= 0.6 is 11.8 Å². The zero-order chi connectivity index (χ0) is 21.0. The van der Waals surface area contributed by atoms with Crippen molar-refractivity contribution in [3.05, 3.63) is 106 Å². The number of thioether (sulfide) groups is 1. The average molecular weight is 410 g/mol. The standard InChI is InChI=1S/C28H27NS/c1-18-15-19(2)17-21(16-18)25-26-20(3)23-13-9-10-14-24(23)29(26)28(4,5)27(25)30-22-11-7-6-8-12-22/h6-17H,1-5H3. The third-order valence-corrected chi connectivity index (χ3v) is 7.60. The zero-order valence-electron chi connectivity index (χ0n) is 18.3. The zero-order valence-corrected chi connectivity index (χ0v) is 19.1. The van der Waals surface area contributed by atoms with E-state index in [0.29, 0.717) is 0 Å². The fourth-order valence-electron chi connectivity index (χ4n) is 4.97. The minimum absolute atomic E-state index is 0.128. The van der Waals surface area contributed by atoms with E-state index in [1.807, 2.05) is 11.8 Å². The largest absolute Gasteiger partial charge is 0.330 e. The molecule has 0 radical (unpaired) electrons. The molecule has 0 amide bonds. The number of aryl methyl sites for hydroxylation is 3. The molecule has 0 atom stereocenters. The van der Waals surface area contributed by atoms with Gasteiger partial charge in [0.1, 0.15) is 0 Å². The van der Waals surface area contributed by atoms with Crippen molar-refractivity contribution < 1.29 is 0 Å². The molecule has 0 spiro atoms. The second-order valence-electron chi connectivity index (χ2n) is 8.88. The van der Waals surface area contributed by atoms with Gasteiger partial charge in [-0.2, -0.15) is 0 Å². The van der Waals surface area contributed by atoms with Crippen LogP contribution in [-0.2, 0) is 5.54 Å². The molecule has 1 nitrogen and oxygen atoms in total. The topological polar surface area (TPSA) is 4.93 Å². The van der Waals surface area contributed by atoms with E-state index < -0.39 is 0 Å². The fraction of sp³-hybridized carbons (Fsp3) is 0.214. The Morgan fingerprint density at radius 3 is 2.10 bits per heavy atom. The Labute approximate surface area is 183 Å². The molecule has 3 aromatic carbocycles. The molecule has 0 aliphatic carbocycles. The molecule has 0 fully saturated rings. The number of rotatable bonds is 3. The summed E-state index contributed by atoms with van der Waals surface area (Å²) in [5, 5.41) is 1.35. The van der Waals surface area contributed by atoms with Crippen molar-refractivity contribution in [3.63, 3.8) is 0 Å². The van der Waals surface area contributed by atoms with Crippen LogP contribution in [-0.4, -0.2) is 4.57 Å². The number of hydrogen-bond acceptors (Lipinski definition) is 1. The maximum absolute atomic E-state index is 2.57. The normalized spacial score (nSPS) is 15.1. The highest BCUT2D eigenvalue weighted by Crippen LogP contribution is 2.54. The molecule has 0 N–H and O–H groups in total. The van der Waals surface area contributed by atoms with Gasteiger partial charge in [0.05, 0.1) is 11.2 Å². The predicted octanol–water partition coefficient (Wildman–Crippen LogP) is 7.87. The van der Waals surface area contributed by atoms with Crippen LogP contribution in [0.15, 0.2) is 82.6 Å². The van der Waals surface area contributed by atoms with Gasteiger partial charge in [-0.3, -0.25) is 0 Å². The minimum atomic E-state index is -0.128. The van der Waals surface area contributed by atoms with Crippen molar-refractivity contribution in [1.82, 2.24) is 4.57 Å². The van der Waals surface area contributed by atoms with Gasteiger partial charge in [0, 0.05) is 26.3 Å². The van der Waals surface area contributed by atoms with Crippen molar-refractivity contribution in [2.24, 2.45) is 0 Å². The van der Waals surface area contributed by atoms with Crippen molar-refractivity contribution in [2.45, 2.75) is 45.1 Å². The highest BCUT2D eigenvalue weighted by atomic mass is 32.2. The third-order valence-electron chi connectivity index (χ3n) is 6.18. The summed E-state index contributed by atoms with van der Waals surface area (Å²) in [6.07, 6.45) is 0. The lowest BCUT2D eigenvalue weighted by atomic mass is 9.94. The molecule has 0 bridgehead atoms. The van der Waals surface area contributed by atoms with Crippen LogP contribution < -0.4 is 0 Å². The first-order valence-corrected chi connectivity index (χ1v) is 11.4. The van der Waals surface area contributed by atoms with E-state index in [-0.39, 0.29) is 5.54 Å². The summed E-state index contributed by atoms with van der Waals surface area (Å²) in [6, 6.07) is 26.6. The smallest absolute Gasteiger partial charge is 0.0715 e. The van der Waals surface area contributed by atoms with Gasteiger partial charge in [-0.15, -0.1) is 0 Å². The molecular weight excluding hydrogens is 382 g/mol. The van der Waals surface area contributed by atoms with E-state index in [4.69, 9.17) is 0 Å². The molecule has 150 valence electrons. The maximum Gasteiger partial charge on any atom is 0.0715 e. The highest BCUT2D eigenvalue weighted by Gasteiger charge is 2.41. The van der Waals surface area contributed by atoms with Crippen molar-refractivity contribution in [3.8, 4) is 0 Å². The molecule has 2 heteroatoms. The third kappa shape index (κ3) is 2.86. The van der Waals surface area contributed by atoms with Crippen LogP contribution in [0.2, 0.25) is 0 Å². The van der Waals surface area contributed by atoms with Crippen LogP contribution in [0.3, 0.4) is 0 Å². The van der Waals surface area contributed by atoms with Gasteiger partial charge >= 0.3 is 0 Å². The first-order valence-electron chi connectivity index (χ1n) is 10.5. The molecule has 0 saturated heterocycles. The van der Waals surface area contributed by atoms with Crippen LogP contribution in [0.5, 0.6) is 0 Å². The van der Waals surface area contributed by atoms with E-state index in [1.54, 1.807) is 0 Å². The van der Waals surface area contributed by atoms with E-state index in [9.17, 15) is 0 Å². The molecule has 30 heavy (non-hydrogen) atoms. The van der Waals surface area contributed by atoms with Crippen molar-refractivity contribution in [2.75, 3.05) is 0 Å². The van der Waals surface area contributed by atoms with Gasteiger partial charge in [0.15, 0.2) is 0 Å². The van der Waals surface area contributed by atoms with Gasteiger partial charge in [0.2, 0.25) is 0 Å². The van der Waals surface area contributed by atoms with Gasteiger partial charge in [-0.25, -0.2) is 0 Å². The molecule has 5 rings (SSSR count). The van der Waals surface area contributed by atoms with Gasteiger partial charge < -0.3 is 4.57 Å². The number of nitrogens with zero attached hydrogens (tertiary/aromatic N) is 1. The van der Waals surface area contributed by atoms with E-state index in [1.165, 1.54) is 54.2 Å². The number of allylic oxidation sites excluding steroid dienone is 1. The second-order valence-corrected chi connectivity index (χ2v) is 9.96. The van der Waals surface area contributed by atoms with E-state index in [2.05, 4.69) is 112 Å². The highest BCUT2D eigenvalue weighted by molar-refractivity contribution is 8.03. The van der Waals surface area contributed by atoms with Crippen molar-refractivity contribution >= 4 is 28.2 Å². The quantitative estimate of drug-likeness (QED) is 0.333. The first kappa shape index (κ1) is 19.3. The first-order chi connectivity index (χ1) is 14.4. The summed E-state index contributed by atoms with van der Waals surface area (Å²) < 4.78 is 2.57. The molecule has 2 heterocycles. The van der Waals surface area contributed by atoms with Gasteiger partial charge in [0.25, 0.3) is 0 Å². The summed E-state index contributed by atoms with van der Waals surface area (Å²) in [5.41, 5.74) is 9.26. The Hall–Kier alpha value is -2.71. The Kier molecular flexibility index (Phi) is 4.44. The molecule has 1 aliphatic rings. The monoisotopic (exact) mass is 409 g/mol. The molecule has 1 aromatic heterocycles. The lowest BCUT2D eigenvalue weighted by molar-refractivity contribution is 0.475. The summed E-state index contributed by atoms with van der Waals surface area (Å²) in [6.45, 7) is 11.4. The SMILES string of the molecule is Cc1cc(C)cc(C2=C(Sc3ccccc3)C(C)(C)n3c2c(C)c2ccccc23)c1. The van der Waals surface area contributed by atoms with E-state index in [0.717, 1.165) is 0 Å². The van der Waals surface area contributed by atoms with Gasteiger partial charge in [-0.05, 0) is 63.9 Å². The van der Waals surface area contributed by atoms with Crippen LogP contribution in [0.4, 0.5) is 0 Å². The average Bonchev–Trinajstić information content (AvgIpc) is 3.13. The van der Waals surface area contributed by atoms with Crippen LogP contribution in [0.1, 0.15) is 41.8 Å². The number of fused-ring (bicyclic) bond motifs is 3. The number of benzene rings is 3. The molecule has 0 saturated carbocycles. The predicted molar refractivity (Wildman–Crippen MR) is 130 cm³/mol. The summed E-state index contributed by atoms with van der Waals surface area (Å²) in [5.74, 6) is 0.